The Balaban J connectivity index is 2.02. The van der Waals surface area contributed by atoms with Crippen molar-refractivity contribution in [2.45, 2.75) is 6.42 Å². The summed E-state index contributed by atoms with van der Waals surface area (Å²) in [6.45, 7) is 0. The van der Waals surface area contributed by atoms with Crippen LogP contribution in [0.4, 0.5) is 11.4 Å². The first-order valence-electron chi connectivity index (χ1n) is 7.20. The Labute approximate surface area is 155 Å². The van der Waals surface area contributed by atoms with Crippen LogP contribution in [0.15, 0.2) is 36.4 Å². The molecule has 0 unspecified atom stereocenters. The zero-order valence-corrected chi connectivity index (χ0v) is 15.1. The fraction of sp³-hybridized carbons (Fsp3) is 0.176. The highest BCUT2D eigenvalue weighted by atomic mass is 35.5. The average molecular weight is 383 g/mol. The van der Waals surface area contributed by atoms with E-state index in [1.807, 2.05) is 0 Å². The molecule has 0 radical (unpaired) electrons. The van der Waals surface area contributed by atoms with Crippen LogP contribution in [0.1, 0.15) is 6.42 Å². The molecule has 25 heavy (non-hydrogen) atoms. The maximum atomic E-state index is 12.1. The Morgan fingerprint density at radius 3 is 2.28 bits per heavy atom. The molecule has 132 valence electrons. The lowest BCUT2D eigenvalue weighted by atomic mass is 10.2. The molecule has 0 saturated heterocycles. The number of hydrogen-bond acceptors (Lipinski definition) is 4. The summed E-state index contributed by atoms with van der Waals surface area (Å²) in [4.78, 5) is 24.1. The Bertz CT molecular complexity index is 796. The number of carbonyl (C=O) groups excluding carboxylic acids is 2. The van der Waals surface area contributed by atoms with E-state index < -0.39 is 18.2 Å². The first kappa shape index (κ1) is 18.9. The molecule has 2 aromatic carbocycles. The molecule has 2 N–H and O–H groups in total. The summed E-state index contributed by atoms with van der Waals surface area (Å²) in [5, 5.41) is 5.69. The van der Waals surface area contributed by atoms with Gasteiger partial charge in [-0.3, -0.25) is 9.59 Å². The van der Waals surface area contributed by atoms with E-state index in [2.05, 4.69) is 10.6 Å². The van der Waals surface area contributed by atoms with Gasteiger partial charge in [0.15, 0.2) is 0 Å². The monoisotopic (exact) mass is 382 g/mol. The molecule has 0 spiro atoms. The third-order valence-electron chi connectivity index (χ3n) is 3.23. The lowest BCUT2D eigenvalue weighted by Crippen LogP contribution is -2.21. The standard InChI is InChI=1S/C17H16Cl2N2O4/c1-24-10-6-7-14(25-2)13(8-10)21-16(23)9-15(22)20-12-5-3-4-11(18)17(12)19/h3-8H,9H2,1-2H3,(H,20,22)(H,21,23). The van der Waals surface area contributed by atoms with E-state index in [0.717, 1.165) is 0 Å². The van der Waals surface area contributed by atoms with E-state index >= 15 is 0 Å². The Kier molecular flexibility index (Phi) is 6.50. The number of rotatable bonds is 6. The number of nitrogens with one attached hydrogen (secondary N) is 2. The predicted molar refractivity (Wildman–Crippen MR) is 97.9 cm³/mol. The van der Waals surface area contributed by atoms with Gasteiger partial charge in [0.05, 0.1) is 35.6 Å². The summed E-state index contributed by atoms with van der Waals surface area (Å²) in [7, 11) is 2.99. The summed E-state index contributed by atoms with van der Waals surface area (Å²) in [6, 6.07) is 9.78. The minimum atomic E-state index is -0.525. The van der Waals surface area contributed by atoms with Gasteiger partial charge in [-0.1, -0.05) is 29.3 Å². The normalized spacial score (nSPS) is 10.1. The third kappa shape index (κ3) is 5.01. The van der Waals surface area contributed by atoms with E-state index in [-0.39, 0.29) is 5.02 Å². The van der Waals surface area contributed by atoms with Crippen molar-refractivity contribution in [3.63, 3.8) is 0 Å². The molecule has 2 aromatic rings. The molecule has 0 aromatic heterocycles. The number of carbonyl (C=O) groups is 2. The minimum absolute atomic E-state index is 0.215. The molecule has 2 rings (SSSR count). The molecule has 0 atom stereocenters. The first-order valence-corrected chi connectivity index (χ1v) is 7.96. The highest BCUT2D eigenvalue weighted by Crippen LogP contribution is 2.30. The Hall–Kier alpha value is -2.44. The van der Waals surface area contributed by atoms with Gasteiger partial charge in [-0.2, -0.15) is 0 Å². The molecule has 6 nitrogen and oxygen atoms in total. The van der Waals surface area contributed by atoms with Gasteiger partial charge in [0.25, 0.3) is 0 Å². The first-order chi connectivity index (χ1) is 11.9. The molecule has 8 heteroatoms. The van der Waals surface area contributed by atoms with E-state index in [0.29, 0.717) is 27.9 Å². The van der Waals surface area contributed by atoms with Crippen molar-refractivity contribution >= 4 is 46.4 Å². The average Bonchev–Trinajstić information content (AvgIpc) is 2.58. The van der Waals surface area contributed by atoms with Gasteiger partial charge in [0.1, 0.15) is 17.9 Å². The lowest BCUT2D eigenvalue weighted by Gasteiger charge is -2.12. The van der Waals surface area contributed by atoms with Gasteiger partial charge in [0.2, 0.25) is 11.8 Å². The second-order valence-electron chi connectivity index (χ2n) is 4.94. The zero-order chi connectivity index (χ0) is 18.4. The quantitative estimate of drug-likeness (QED) is 0.740. The number of benzene rings is 2. The molecular formula is C17H16Cl2N2O4. The SMILES string of the molecule is COc1ccc(OC)c(NC(=O)CC(=O)Nc2cccc(Cl)c2Cl)c1. The van der Waals surface area contributed by atoms with Gasteiger partial charge in [-0.15, -0.1) is 0 Å². The molecule has 0 heterocycles. The number of halogens is 2. The smallest absolute Gasteiger partial charge is 0.233 e. The highest BCUT2D eigenvalue weighted by molar-refractivity contribution is 6.44. The minimum Gasteiger partial charge on any atom is -0.497 e. The van der Waals surface area contributed by atoms with E-state index in [9.17, 15) is 9.59 Å². The highest BCUT2D eigenvalue weighted by Gasteiger charge is 2.14. The molecule has 0 aliphatic rings. The van der Waals surface area contributed by atoms with Crippen molar-refractivity contribution in [3.05, 3.63) is 46.4 Å². The van der Waals surface area contributed by atoms with Crippen molar-refractivity contribution in [2.24, 2.45) is 0 Å². The van der Waals surface area contributed by atoms with Crippen LogP contribution < -0.4 is 20.1 Å². The van der Waals surface area contributed by atoms with E-state index in [1.54, 1.807) is 36.4 Å². The fourth-order valence-electron chi connectivity index (χ4n) is 2.05. The van der Waals surface area contributed by atoms with Gasteiger partial charge in [-0.05, 0) is 24.3 Å². The number of anilines is 2. The van der Waals surface area contributed by atoms with Crippen LogP contribution in [0.3, 0.4) is 0 Å². The van der Waals surface area contributed by atoms with Gasteiger partial charge in [-0.25, -0.2) is 0 Å². The summed E-state index contributed by atoms with van der Waals surface area (Å²) < 4.78 is 10.3. The second-order valence-corrected chi connectivity index (χ2v) is 5.73. The van der Waals surface area contributed by atoms with Crippen molar-refractivity contribution in [1.29, 1.82) is 0 Å². The molecule has 0 aliphatic heterocycles. The van der Waals surface area contributed by atoms with Crippen molar-refractivity contribution < 1.29 is 19.1 Å². The molecule has 0 fully saturated rings. The zero-order valence-electron chi connectivity index (χ0n) is 13.6. The summed E-state index contributed by atoms with van der Waals surface area (Å²) in [5.41, 5.74) is 0.742. The van der Waals surface area contributed by atoms with Gasteiger partial charge < -0.3 is 20.1 Å². The third-order valence-corrected chi connectivity index (χ3v) is 4.05. The molecule has 0 bridgehead atoms. The number of methoxy groups -OCH3 is 2. The van der Waals surface area contributed by atoms with Crippen molar-refractivity contribution in [1.82, 2.24) is 0 Å². The van der Waals surface area contributed by atoms with Crippen LogP contribution in [0.5, 0.6) is 11.5 Å². The molecule has 0 aliphatic carbocycles. The van der Waals surface area contributed by atoms with E-state index in [4.69, 9.17) is 32.7 Å². The van der Waals surface area contributed by atoms with Crippen molar-refractivity contribution in [2.75, 3.05) is 24.9 Å². The fourth-order valence-corrected chi connectivity index (χ4v) is 2.39. The van der Waals surface area contributed by atoms with Crippen LogP contribution in [-0.2, 0) is 9.59 Å². The number of hydrogen-bond donors (Lipinski definition) is 2. The van der Waals surface area contributed by atoms with Crippen molar-refractivity contribution in [3.8, 4) is 11.5 Å². The maximum absolute atomic E-state index is 12.1. The number of amides is 2. The predicted octanol–water partition coefficient (Wildman–Crippen LogP) is 3.98. The summed E-state index contributed by atoms with van der Waals surface area (Å²) in [6.07, 6.45) is -0.400. The van der Waals surface area contributed by atoms with Crippen LogP contribution in [0, 0.1) is 0 Å². The molecule has 0 saturated carbocycles. The van der Waals surface area contributed by atoms with Crippen LogP contribution in [0.2, 0.25) is 10.0 Å². The van der Waals surface area contributed by atoms with Crippen LogP contribution in [-0.4, -0.2) is 26.0 Å². The van der Waals surface area contributed by atoms with Gasteiger partial charge in [0, 0.05) is 6.07 Å². The Morgan fingerprint density at radius 1 is 0.960 bits per heavy atom. The lowest BCUT2D eigenvalue weighted by molar-refractivity contribution is -0.123. The number of ether oxygens (including phenoxy) is 2. The molecular weight excluding hydrogens is 367 g/mol. The molecule has 2 amide bonds. The van der Waals surface area contributed by atoms with E-state index in [1.165, 1.54) is 14.2 Å². The van der Waals surface area contributed by atoms with Crippen LogP contribution in [0.25, 0.3) is 0 Å². The largest absolute Gasteiger partial charge is 0.497 e. The Morgan fingerprint density at radius 2 is 1.64 bits per heavy atom. The second kappa shape index (κ2) is 8.60. The van der Waals surface area contributed by atoms with Gasteiger partial charge >= 0.3 is 0 Å². The summed E-state index contributed by atoms with van der Waals surface area (Å²) in [5.74, 6) is -0.0376. The maximum Gasteiger partial charge on any atom is 0.233 e. The summed E-state index contributed by atoms with van der Waals surface area (Å²) >= 11 is 11.9. The topological polar surface area (TPSA) is 76.7 Å². The van der Waals surface area contributed by atoms with Crippen LogP contribution >= 0.6 is 23.2 Å².